The molecule has 3 rings (SSSR count). The van der Waals surface area contributed by atoms with E-state index >= 15 is 0 Å². The molecule has 0 saturated carbocycles. The number of carbonyl (C=O) groups excluding carboxylic acids is 1. The largest absolute Gasteiger partial charge is 0.366 e. The van der Waals surface area contributed by atoms with Crippen molar-refractivity contribution in [1.29, 1.82) is 0 Å². The Bertz CT molecular complexity index is 645. The molecule has 1 heterocycles. The van der Waals surface area contributed by atoms with Crippen molar-refractivity contribution in [1.82, 2.24) is 9.71 Å². The fourth-order valence-corrected chi connectivity index (χ4v) is 3.33. The Balaban J connectivity index is 1.66. The minimum atomic E-state index is -0.363. The van der Waals surface area contributed by atoms with Crippen molar-refractivity contribution in [3.63, 3.8) is 0 Å². The standard InChI is InChI=1S/C16H17N3OS/c17-16(20)12-4-3-11-5-6-14(9-13(11)8-12)19-21-15-2-1-7-18-10-15/h1-4,7-8,10,14,19H,5-6,9H2,(H2,17,20). The molecule has 108 valence electrons. The van der Waals surface area contributed by atoms with Crippen LogP contribution in [0.15, 0.2) is 47.6 Å². The van der Waals surface area contributed by atoms with E-state index in [0.29, 0.717) is 11.6 Å². The molecule has 1 aliphatic carbocycles. The fourth-order valence-electron chi connectivity index (χ4n) is 2.57. The van der Waals surface area contributed by atoms with Gasteiger partial charge in [-0.05, 0) is 66.6 Å². The number of hydrogen-bond donors (Lipinski definition) is 2. The van der Waals surface area contributed by atoms with Crippen molar-refractivity contribution in [2.75, 3.05) is 0 Å². The van der Waals surface area contributed by atoms with Crippen molar-refractivity contribution >= 4 is 17.9 Å². The summed E-state index contributed by atoms with van der Waals surface area (Å²) in [7, 11) is 0. The Kier molecular flexibility index (Phi) is 4.22. The van der Waals surface area contributed by atoms with Gasteiger partial charge >= 0.3 is 0 Å². The van der Waals surface area contributed by atoms with Gasteiger partial charge in [0.2, 0.25) is 5.91 Å². The number of aryl methyl sites for hydroxylation is 1. The average molecular weight is 299 g/mol. The van der Waals surface area contributed by atoms with Crippen LogP contribution < -0.4 is 10.5 Å². The molecule has 3 N–H and O–H groups in total. The lowest BCUT2D eigenvalue weighted by molar-refractivity contribution is 0.1000. The summed E-state index contributed by atoms with van der Waals surface area (Å²) in [5.41, 5.74) is 8.49. The lowest BCUT2D eigenvalue weighted by Gasteiger charge is -2.25. The number of amides is 1. The molecular formula is C16H17N3OS. The zero-order valence-electron chi connectivity index (χ0n) is 11.6. The summed E-state index contributed by atoms with van der Waals surface area (Å²) in [5.74, 6) is -0.363. The Morgan fingerprint density at radius 2 is 2.24 bits per heavy atom. The molecule has 1 unspecified atom stereocenters. The summed E-state index contributed by atoms with van der Waals surface area (Å²) >= 11 is 1.61. The lowest BCUT2D eigenvalue weighted by atomic mass is 9.87. The first-order valence-corrected chi connectivity index (χ1v) is 7.78. The number of nitrogens with one attached hydrogen (secondary N) is 1. The second-order valence-electron chi connectivity index (χ2n) is 5.20. The van der Waals surface area contributed by atoms with E-state index in [4.69, 9.17) is 5.73 Å². The maximum absolute atomic E-state index is 11.3. The number of fused-ring (bicyclic) bond motifs is 1. The summed E-state index contributed by atoms with van der Waals surface area (Å²) in [6.07, 6.45) is 6.66. The summed E-state index contributed by atoms with van der Waals surface area (Å²) in [5, 5.41) is 0. The first-order chi connectivity index (χ1) is 10.2. The highest BCUT2D eigenvalue weighted by Gasteiger charge is 2.19. The van der Waals surface area contributed by atoms with Crippen LogP contribution in [-0.2, 0) is 12.8 Å². The van der Waals surface area contributed by atoms with Crippen LogP contribution in [0.1, 0.15) is 27.9 Å². The van der Waals surface area contributed by atoms with Gasteiger partial charge in [-0.3, -0.25) is 14.5 Å². The first-order valence-electron chi connectivity index (χ1n) is 6.96. The van der Waals surface area contributed by atoms with Crippen LogP contribution in [0, 0.1) is 0 Å². The first kappa shape index (κ1) is 14.1. The van der Waals surface area contributed by atoms with Crippen LogP contribution >= 0.6 is 11.9 Å². The Labute approximate surface area is 128 Å². The normalized spacial score (nSPS) is 17.2. The molecule has 1 aromatic carbocycles. The summed E-state index contributed by atoms with van der Waals surface area (Å²) in [6.45, 7) is 0. The van der Waals surface area contributed by atoms with Gasteiger partial charge in [0.1, 0.15) is 0 Å². The number of benzene rings is 1. The van der Waals surface area contributed by atoms with Crippen molar-refractivity contribution in [2.24, 2.45) is 5.73 Å². The number of pyridine rings is 1. The molecule has 0 aliphatic heterocycles. The van der Waals surface area contributed by atoms with Crippen LogP contribution in [0.2, 0.25) is 0 Å². The van der Waals surface area contributed by atoms with Gasteiger partial charge < -0.3 is 5.73 Å². The minimum Gasteiger partial charge on any atom is -0.366 e. The molecule has 0 bridgehead atoms. The summed E-state index contributed by atoms with van der Waals surface area (Å²) in [4.78, 5) is 16.5. The third-order valence-corrected chi connectivity index (χ3v) is 4.63. The van der Waals surface area contributed by atoms with Crippen LogP contribution in [0.25, 0.3) is 0 Å². The van der Waals surface area contributed by atoms with Crippen LogP contribution in [0.5, 0.6) is 0 Å². The number of nitrogens with two attached hydrogens (primary N) is 1. The van der Waals surface area contributed by atoms with E-state index in [9.17, 15) is 4.79 Å². The Morgan fingerprint density at radius 3 is 3.00 bits per heavy atom. The van der Waals surface area contributed by atoms with E-state index in [1.807, 2.05) is 36.5 Å². The van der Waals surface area contributed by atoms with E-state index in [0.717, 1.165) is 24.2 Å². The van der Waals surface area contributed by atoms with E-state index in [1.165, 1.54) is 11.1 Å². The van der Waals surface area contributed by atoms with Crippen molar-refractivity contribution < 1.29 is 4.79 Å². The van der Waals surface area contributed by atoms with Crippen molar-refractivity contribution in [2.45, 2.75) is 30.2 Å². The molecule has 1 aliphatic rings. The van der Waals surface area contributed by atoms with Crippen LogP contribution in [0.4, 0.5) is 0 Å². The number of primary amides is 1. The number of rotatable bonds is 4. The Morgan fingerprint density at radius 1 is 1.33 bits per heavy atom. The molecule has 4 nitrogen and oxygen atoms in total. The highest BCUT2D eigenvalue weighted by molar-refractivity contribution is 7.97. The predicted octanol–water partition coefficient (Wildman–Crippen LogP) is 2.33. The number of carbonyl (C=O) groups is 1. The van der Waals surface area contributed by atoms with Gasteiger partial charge in [0.05, 0.1) is 0 Å². The minimum absolute atomic E-state index is 0.363. The second-order valence-corrected chi connectivity index (χ2v) is 6.11. The molecule has 0 fully saturated rings. The lowest BCUT2D eigenvalue weighted by Crippen LogP contribution is -2.30. The molecule has 0 spiro atoms. The van der Waals surface area contributed by atoms with Gasteiger partial charge in [-0.15, -0.1) is 0 Å². The highest BCUT2D eigenvalue weighted by Crippen LogP contribution is 2.25. The zero-order chi connectivity index (χ0) is 14.7. The molecule has 21 heavy (non-hydrogen) atoms. The summed E-state index contributed by atoms with van der Waals surface area (Å²) < 4.78 is 3.49. The van der Waals surface area contributed by atoms with E-state index in [2.05, 4.69) is 9.71 Å². The molecule has 1 amide bonds. The number of nitrogens with zero attached hydrogens (tertiary/aromatic N) is 1. The molecule has 5 heteroatoms. The molecule has 2 aromatic rings. The van der Waals surface area contributed by atoms with E-state index < -0.39 is 0 Å². The maximum Gasteiger partial charge on any atom is 0.248 e. The predicted molar refractivity (Wildman–Crippen MR) is 84.0 cm³/mol. The molecule has 1 aromatic heterocycles. The number of hydrogen-bond acceptors (Lipinski definition) is 4. The van der Waals surface area contributed by atoms with Crippen LogP contribution in [-0.4, -0.2) is 16.9 Å². The van der Waals surface area contributed by atoms with Crippen molar-refractivity contribution in [3.8, 4) is 0 Å². The van der Waals surface area contributed by atoms with E-state index in [1.54, 1.807) is 18.1 Å². The smallest absolute Gasteiger partial charge is 0.248 e. The maximum atomic E-state index is 11.3. The Hall–Kier alpha value is -1.85. The van der Waals surface area contributed by atoms with Gasteiger partial charge in [0.15, 0.2) is 0 Å². The van der Waals surface area contributed by atoms with Gasteiger partial charge in [-0.2, -0.15) is 0 Å². The van der Waals surface area contributed by atoms with Gasteiger partial charge in [-0.25, -0.2) is 0 Å². The SMILES string of the molecule is NC(=O)c1ccc2c(c1)CC(NSc1cccnc1)CC2. The third-order valence-electron chi connectivity index (χ3n) is 3.70. The average Bonchev–Trinajstić information content (AvgIpc) is 2.53. The van der Waals surface area contributed by atoms with Gasteiger partial charge in [0, 0.05) is 28.9 Å². The molecule has 0 saturated heterocycles. The monoisotopic (exact) mass is 299 g/mol. The fraction of sp³-hybridized carbons (Fsp3) is 0.250. The molecule has 0 radical (unpaired) electrons. The summed E-state index contributed by atoms with van der Waals surface area (Å²) in [6, 6.07) is 10.1. The second kappa shape index (κ2) is 6.28. The third kappa shape index (κ3) is 3.43. The molecular weight excluding hydrogens is 282 g/mol. The number of aromatic nitrogens is 1. The van der Waals surface area contributed by atoms with Crippen LogP contribution in [0.3, 0.4) is 0 Å². The molecule has 1 atom stereocenters. The van der Waals surface area contributed by atoms with Gasteiger partial charge in [0.25, 0.3) is 0 Å². The topological polar surface area (TPSA) is 68.0 Å². The highest BCUT2D eigenvalue weighted by atomic mass is 32.2. The van der Waals surface area contributed by atoms with Gasteiger partial charge in [-0.1, -0.05) is 6.07 Å². The van der Waals surface area contributed by atoms with E-state index in [-0.39, 0.29) is 5.91 Å². The zero-order valence-corrected chi connectivity index (χ0v) is 12.4. The quantitative estimate of drug-likeness (QED) is 0.850. The van der Waals surface area contributed by atoms with Crippen molar-refractivity contribution in [3.05, 3.63) is 59.4 Å².